The Bertz CT molecular complexity index is 202. The van der Waals surface area contributed by atoms with Gasteiger partial charge in [-0.3, -0.25) is 0 Å². The Morgan fingerprint density at radius 2 is 2.21 bits per heavy atom. The summed E-state index contributed by atoms with van der Waals surface area (Å²) in [4.78, 5) is 0. The number of fused-ring (bicyclic) bond motifs is 1. The van der Waals surface area contributed by atoms with Crippen LogP contribution < -0.4 is 0 Å². The molecule has 1 N–H and O–H groups in total. The molecule has 0 radical (unpaired) electrons. The van der Waals surface area contributed by atoms with Crippen molar-refractivity contribution in [3.8, 4) is 0 Å². The summed E-state index contributed by atoms with van der Waals surface area (Å²) in [7, 11) is 0. The largest absolute Gasteiger partial charge is 0.393 e. The Morgan fingerprint density at radius 3 is 2.86 bits per heavy atom. The molecule has 0 spiro atoms. The van der Waals surface area contributed by atoms with Gasteiger partial charge in [0.25, 0.3) is 0 Å². The molecule has 0 aromatic carbocycles. The molecule has 2 rings (SSSR count). The quantitative estimate of drug-likeness (QED) is 0.752. The van der Waals surface area contributed by atoms with Crippen molar-refractivity contribution < 1.29 is 9.84 Å². The van der Waals surface area contributed by atoms with E-state index in [2.05, 4.69) is 6.92 Å². The average Bonchev–Trinajstić information content (AvgIpc) is 2.75. The molecule has 0 aromatic rings. The fourth-order valence-electron chi connectivity index (χ4n) is 2.98. The van der Waals surface area contributed by atoms with E-state index < -0.39 is 0 Å². The van der Waals surface area contributed by atoms with Crippen molar-refractivity contribution in [2.24, 2.45) is 5.92 Å². The SMILES string of the molecule is C[C@H](C[C@@H](C)O)O[C@]12CCCC[C@H]1C2. The molecule has 2 aliphatic carbocycles. The van der Waals surface area contributed by atoms with Crippen LogP contribution in [0.15, 0.2) is 0 Å². The van der Waals surface area contributed by atoms with Gasteiger partial charge in [0.1, 0.15) is 0 Å². The van der Waals surface area contributed by atoms with Crippen LogP contribution in [0.1, 0.15) is 52.4 Å². The highest BCUT2D eigenvalue weighted by molar-refractivity contribution is 5.07. The molecule has 2 heteroatoms. The normalized spacial score (nSPS) is 40.1. The van der Waals surface area contributed by atoms with Gasteiger partial charge in [0.2, 0.25) is 0 Å². The Kier molecular flexibility index (Phi) is 2.85. The zero-order valence-electron chi connectivity index (χ0n) is 9.33. The molecule has 4 atom stereocenters. The molecule has 0 saturated heterocycles. The average molecular weight is 198 g/mol. The van der Waals surface area contributed by atoms with E-state index in [-0.39, 0.29) is 17.8 Å². The number of aliphatic hydroxyl groups is 1. The maximum absolute atomic E-state index is 9.27. The second kappa shape index (κ2) is 3.82. The molecule has 2 saturated carbocycles. The van der Waals surface area contributed by atoms with E-state index in [1.165, 1.54) is 32.1 Å². The summed E-state index contributed by atoms with van der Waals surface area (Å²) < 4.78 is 6.10. The first kappa shape index (κ1) is 10.4. The van der Waals surface area contributed by atoms with Crippen molar-refractivity contribution in [3.63, 3.8) is 0 Å². The van der Waals surface area contributed by atoms with Crippen molar-refractivity contribution in [3.05, 3.63) is 0 Å². The van der Waals surface area contributed by atoms with E-state index in [4.69, 9.17) is 4.74 Å². The molecule has 0 aliphatic heterocycles. The summed E-state index contributed by atoms with van der Waals surface area (Å²) >= 11 is 0. The first-order chi connectivity index (χ1) is 6.62. The topological polar surface area (TPSA) is 29.5 Å². The zero-order chi connectivity index (χ0) is 10.2. The van der Waals surface area contributed by atoms with Gasteiger partial charge in [-0.05, 0) is 45.4 Å². The summed E-state index contributed by atoms with van der Waals surface area (Å²) in [5.74, 6) is 0.840. The summed E-state index contributed by atoms with van der Waals surface area (Å²) in [5.41, 5.74) is 0.243. The van der Waals surface area contributed by atoms with Crippen LogP contribution in [-0.4, -0.2) is 22.9 Å². The van der Waals surface area contributed by atoms with Crippen LogP contribution in [0.5, 0.6) is 0 Å². The predicted octanol–water partition coefficient (Wildman–Crippen LogP) is 2.50. The minimum atomic E-state index is -0.234. The van der Waals surface area contributed by atoms with Crippen LogP contribution in [0.4, 0.5) is 0 Å². The van der Waals surface area contributed by atoms with E-state index >= 15 is 0 Å². The van der Waals surface area contributed by atoms with Crippen molar-refractivity contribution in [2.45, 2.75) is 70.2 Å². The third kappa shape index (κ3) is 2.12. The molecule has 0 heterocycles. The van der Waals surface area contributed by atoms with Crippen molar-refractivity contribution in [2.75, 3.05) is 0 Å². The number of ether oxygens (including phenoxy) is 1. The smallest absolute Gasteiger partial charge is 0.0719 e. The molecule has 2 nitrogen and oxygen atoms in total. The summed E-state index contributed by atoms with van der Waals surface area (Å²) in [6.07, 6.45) is 7.37. The Balaban J connectivity index is 1.80. The minimum Gasteiger partial charge on any atom is -0.393 e. The number of hydrogen-bond donors (Lipinski definition) is 1. The van der Waals surface area contributed by atoms with Crippen LogP contribution in [-0.2, 0) is 4.74 Å². The van der Waals surface area contributed by atoms with Gasteiger partial charge < -0.3 is 9.84 Å². The van der Waals surface area contributed by atoms with Gasteiger partial charge in [0.15, 0.2) is 0 Å². The highest BCUT2D eigenvalue weighted by atomic mass is 16.5. The molecular weight excluding hydrogens is 176 g/mol. The fraction of sp³-hybridized carbons (Fsp3) is 1.00. The van der Waals surface area contributed by atoms with Gasteiger partial charge in [-0.25, -0.2) is 0 Å². The second-order valence-electron chi connectivity index (χ2n) is 5.22. The minimum absolute atomic E-state index is 0.220. The lowest BCUT2D eigenvalue weighted by Crippen LogP contribution is -2.27. The van der Waals surface area contributed by atoms with Crippen LogP contribution in [0.3, 0.4) is 0 Å². The standard InChI is InChI=1S/C12H22O2/c1-9(13)7-10(2)14-12-6-4-3-5-11(12)8-12/h9-11,13H,3-8H2,1-2H3/t9-,10-,11+,12+/m1/s1. The molecule has 0 bridgehead atoms. The Labute approximate surface area is 86.6 Å². The van der Waals surface area contributed by atoms with Gasteiger partial charge in [-0.1, -0.05) is 12.8 Å². The second-order valence-corrected chi connectivity index (χ2v) is 5.22. The zero-order valence-corrected chi connectivity index (χ0v) is 9.33. The maximum atomic E-state index is 9.27. The summed E-state index contributed by atoms with van der Waals surface area (Å²) in [5, 5.41) is 9.27. The van der Waals surface area contributed by atoms with Crippen LogP contribution >= 0.6 is 0 Å². The van der Waals surface area contributed by atoms with E-state index in [1.54, 1.807) is 0 Å². The molecule has 2 fully saturated rings. The van der Waals surface area contributed by atoms with E-state index in [0.717, 1.165) is 12.3 Å². The van der Waals surface area contributed by atoms with E-state index in [9.17, 15) is 5.11 Å². The number of rotatable bonds is 4. The predicted molar refractivity (Wildman–Crippen MR) is 56.2 cm³/mol. The first-order valence-corrected chi connectivity index (χ1v) is 5.98. The van der Waals surface area contributed by atoms with Gasteiger partial charge >= 0.3 is 0 Å². The third-order valence-corrected chi connectivity index (χ3v) is 3.69. The molecule has 82 valence electrons. The molecule has 0 aromatic heterocycles. The van der Waals surface area contributed by atoms with Crippen LogP contribution in [0.2, 0.25) is 0 Å². The number of hydrogen-bond acceptors (Lipinski definition) is 2. The van der Waals surface area contributed by atoms with Gasteiger partial charge in [-0.2, -0.15) is 0 Å². The summed E-state index contributed by atoms with van der Waals surface area (Å²) in [6.45, 7) is 3.92. The van der Waals surface area contributed by atoms with E-state index in [0.29, 0.717) is 0 Å². The van der Waals surface area contributed by atoms with Gasteiger partial charge in [-0.15, -0.1) is 0 Å². The van der Waals surface area contributed by atoms with Crippen LogP contribution in [0, 0.1) is 5.92 Å². The molecule has 0 unspecified atom stereocenters. The van der Waals surface area contributed by atoms with Crippen molar-refractivity contribution >= 4 is 0 Å². The Morgan fingerprint density at radius 1 is 1.43 bits per heavy atom. The van der Waals surface area contributed by atoms with Crippen molar-refractivity contribution in [1.82, 2.24) is 0 Å². The third-order valence-electron chi connectivity index (χ3n) is 3.69. The highest BCUT2D eigenvalue weighted by Gasteiger charge is 2.56. The molecule has 14 heavy (non-hydrogen) atoms. The molecule has 2 aliphatic rings. The maximum Gasteiger partial charge on any atom is 0.0719 e. The molecule has 0 amide bonds. The monoisotopic (exact) mass is 198 g/mol. The van der Waals surface area contributed by atoms with Gasteiger partial charge in [0, 0.05) is 0 Å². The van der Waals surface area contributed by atoms with Gasteiger partial charge in [0.05, 0.1) is 17.8 Å². The lowest BCUT2D eigenvalue weighted by Gasteiger charge is -2.27. The lowest BCUT2D eigenvalue weighted by atomic mass is 9.97. The number of aliphatic hydroxyl groups excluding tert-OH is 1. The summed E-state index contributed by atoms with van der Waals surface area (Å²) in [6, 6.07) is 0. The Hall–Kier alpha value is -0.0800. The fourth-order valence-corrected chi connectivity index (χ4v) is 2.98. The first-order valence-electron chi connectivity index (χ1n) is 5.98. The highest BCUT2D eigenvalue weighted by Crippen LogP contribution is 2.56. The van der Waals surface area contributed by atoms with Crippen LogP contribution in [0.25, 0.3) is 0 Å². The van der Waals surface area contributed by atoms with E-state index in [1.807, 2.05) is 6.92 Å². The molecular formula is C12H22O2. The van der Waals surface area contributed by atoms with Crippen molar-refractivity contribution in [1.29, 1.82) is 0 Å². The lowest BCUT2D eigenvalue weighted by molar-refractivity contribution is -0.0592.